The first kappa shape index (κ1) is 20.7. The maximum Gasteiger partial charge on any atom is 0.222 e. The van der Waals surface area contributed by atoms with Crippen LogP contribution in [0.1, 0.15) is 39.2 Å². The monoisotopic (exact) mass is 373 g/mol. The van der Waals surface area contributed by atoms with Crippen LogP contribution in [0.5, 0.6) is 0 Å². The molecule has 27 heavy (non-hydrogen) atoms. The number of carbonyl (C=O) groups is 2. The molecule has 2 amide bonds. The molecule has 7 heteroatoms. The van der Waals surface area contributed by atoms with Gasteiger partial charge in [-0.25, -0.2) is 0 Å². The number of amides is 2. The fourth-order valence-corrected chi connectivity index (χ4v) is 3.10. The standard InChI is InChI=1S/C20H31N5O2/c1-4-19(27)25-13-11-18(14-25)24-20(21-5-2)22-12-10-16-6-8-17(9-7-16)23-15(3)26/h6-9,18H,4-5,10-14H2,1-3H3,(H,23,26)(H2,21,22,24). The molecule has 0 bridgehead atoms. The van der Waals surface area contributed by atoms with Gasteiger partial charge in [0.1, 0.15) is 0 Å². The largest absolute Gasteiger partial charge is 0.357 e. The Hall–Kier alpha value is -2.57. The third kappa shape index (κ3) is 6.92. The highest BCUT2D eigenvalue weighted by molar-refractivity contribution is 5.88. The van der Waals surface area contributed by atoms with Crippen LogP contribution in [-0.4, -0.2) is 54.9 Å². The van der Waals surface area contributed by atoms with E-state index < -0.39 is 0 Å². The molecule has 7 nitrogen and oxygen atoms in total. The van der Waals surface area contributed by atoms with E-state index in [1.165, 1.54) is 12.5 Å². The minimum absolute atomic E-state index is 0.0696. The number of likely N-dealkylation sites (tertiary alicyclic amines) is 1. The Morgan fingerprint density at radius 2 is 1.96 bits per heavy atom. The SMILES string of the molecule is CCNC(=NCCc1ccc(NC(C)=O)cc1)NC1CCN(C(=O)CC)C1. The van der Waals surface area contributed by atoms with Gasteiger partial charge in [-0.2, -0.15) is 0 Å². The van der Waals surface area contributed by atoms with E-state index in [0.717, 1.165) is 44.1 Å². The van der Waals surface area contributed by atoms with E-state index in [9.17, 15) is 9.59 Å². The first-order valence-electron chi connectivity index (χ1n) is 9.71. The van der Waals surface area contributed by atoms with Crippen LogP contribution < -0.4 is 16.0 Å². The maximum atomic E-state index is 11.8. The Morgan fingerprint density at radius 1 is 1.22 bits per heavy atom. The van der Waals surface area contributed by atoms with Crippen molar-refractivity contribution < 1.29 is 9.59 Å². The Labute approximate surface area is 161 Å². The third-order valence-corrected chi connectivity index (χ3v) is 4.47. The summed E-state index contributed by atoms with van der Waals surface area (Å²) in [6, 6.07) is 8.07. The van der Waals surface area contributed by atoms with E-state index in [1.807, 2.05) is 43.0 Å². The predicted octanol–water partition coefficient (Wildman–Crippen LogP) is 1.75. The molecule has 1 aliphatic rings. The molecule has 1 aliphatic heterocycles. The van der Waals surface area contributed by atoms with Gasteiger partial charge >= 0.3 is 0 Å². The molecule has 3 N–H and O–H groups in total. The number of hydrogen-bond acceptors (Lipinski definition) is 3. The van der Waals surface area contributed by atoms with Crippen molar-refractivity contribution in [2.45, 2.75) is 46.1 Å². The highest BCUT2D eigenvalue weighted by Crippen LogP contribution is 2.11. The molecule has 1 heterocycles. The molecule has 0 spiro atoms. The van der Waals surface area contributed by atoms with Crippen molar-refractivity contribution in [1.82, 2.24) is 15.5 Å². The third-order valence-electron chi connectivity index (χ3n) is 4.47. The molecule has 0 aromatic heterocycles. The predicted molar refractivity (Wildman–Crippen MR) is 109 cm³/mol. The Balaban J connectivity index is 1.84. The zero-order valence-electron chi connectivity index (χ0n) is 16.5. The number of nitrogens with one attached hydrogen (secondary N) is 3. The van der Waals surface area contributed by atoms with Gasteiger partial charge in [-0.1, -0.05) is 19.1 Å². The molecular formula is C20H31N5O2. The number of anilines is 1. The van der Waals surface area contributed by atoms with Gasteiger partial charge < -0.3 is 20.9 Å². The van der Waals surface area contributed by atoms with Gasteiger partial charge in [0.15, 0.2) is 5.96 Å². The van der Waals surface area contributed by atoms with Gasteiger partial charge in [0.2, 0.25) is 11.8 Å². The smallest absolute Gasteiger partial charge is 0.222 e. The molecule has 1 atom stereocenters. The van der Waals surface area contributed by atoms with Crippen LogP contribution in [0.2, 0.25) is 0 Å². The van der Waals surface area contributed by atoms with Crippen LogP contribution in [0.3, 0.4) is 0 Å². The summed E-state index contributed by atoms with van der Waals surface area (Å²) in [4.78, 5) is 29.4. The summed E-state index contributed by atoms with van der Waals surface area (Å²) in [5, 5.41) is 9.48. The number of aliphatic imine (C=N–C) groups is 1. The summed E-state index contributed by atoms with van der Waals surface area (Å²) < 4.78 is 0. The number of guanidine groups is 1. The fourth-order valence-electron chi connectivity index (χ4n) is 3.10. The van der Waals surface area contributed by atoms with Crippen molar-refractivity contribution >= 4 is 23.5 Å². The summed E-state index contributed by atoms with van der Waals surface area (Å²) >= 11 is 0. The van der Waals surface area contributed by atoms with Gasteiger partial charge in [-0.3, -0.25) is 14.6 Å². The molecule has 1 aromatic carbocycles. The molecule has 0 radical (unpaired) electrons. The van der Waals surface area contributed by atoms with E-state index in [1.54, 1.807) is 0 Å². The van der Waals surface area contributed by atoms with Crippen LogP contribution >= 0.6 is 0 Å². The van der Waals surface area contributed by atoms with Gasteiger partial charge in [-0.05, 0) is 37.5 Å². The van der Waals surface area contributed by atoms with Crippen LogP contribution in [0.4, 0.5) is 5.69 Å². The van der Waals surface area contributed by atoms with Crippen LogP contribution in [0.25, 0.3) is 0 Å². The molecule has 1 aromatic rings. The highest BCUT2D eigenvalue weighted by Gasteiger charge is 2.25. The molecule has 148 valence electrons. The number of rotatable bonds is 7. The van der Waals surface area contributed by atoms with Gasteiger partial charge in [0.05, 0.1) is 0 Å². The zero-order valence-corrected chi connectivity index (χ0v) is 16.5. The highest BCUT2D eigenvalue weighted by atomic mass is 16.2. The number of benzene rings is 1. The van der Waals surface area contributed by atoms with Crippen molar-refractivity contribution in [2.75, 3.05) is 31.5 Å². The Kier molecular flexibility index (Phi) is 8.10. The van der Waals surface area contributed by atoms with E-state index in [-0.39, 0.29) is 17.9 Å². The van der Waals surface area contributed by atoms with Crippen LogP contribution in [0.15, 0.2) is 29.3 Å². The zero-order chi connectivity index (χ0) is 19.6. The van der Waals surface area contributed by atoms with Crippen molar-refractivity contribution in [3.8, 4) is 0 Å². The summed E-state index contributed by atoms with van der Waals surface area (Å²) in [6.07, 6.45) is 2.32. The normalized spacial score (nSPS) is 16.9. The van der Waals surface area contributed by atoms with Crippen molar-refractivity contribution in [1.29, 1.82) is 0 Å². The summed E-state index contributed by atoms with van der Waals surface area (Å²) in [6.45, 7) is 8.45. The topological polar surface area (TPSA) is 85.8 Å². The Morgan fingerprint density at radius 3 is 2.59 bits per heavy atom. The second-order valence-electron chi connectivity index (χ2n) is 6.71. The number of hydrogen-bond donors (Lipinski definition) is 3. The minimum Gasteiger partial charge on any atom is -0.357 e. The lowest BCUT2D eigenvalue weighted by molar-refractivity contribution is -0.129. The van der Waals surface area contributed by atoms with Crippen LogP contribution in [-0.2, 0) is 16.0 Å². The first-order chi connectivity index (χ1) is 13.0. The van der Waals surface area contributed by atoms with E-state index >= 15 is 0 Å². The molecular weight excluding hydrogens is 342 g/mol. The van der Waals surface area contributed by atoms with E-state index in [2.05, 4.69) is 20.9 Å². The quantitative estimate of drug-likeness (QED) is 0.502. The molecule has 1 unspecified atom stereocenters. The number of carbonyl (C=O) groups excluding carboxylic acids is 2. The second kappa shape index (κ2) is 10.5. The van der Waals surface area contributed by atoms with Crippen molar-refractivity contribution in [3.63, 3.8) is 0 Å². The molecule has 0 aliphatic carbocycles. The lowest BCUT2D eigenvalue weighted by atomic mass is 10.1. The summed E-state index contributed by atoms with van der Waals surface area (Å²) in [5.41, 5.74) is 1.97. The fraction of sp³-hybridized carbons (Fsp3) is 0.550. The average molecular weight is 374 g/mol. The van der Waals surface area contributed by atoms with E-state index in [0.29, 0.717) is 13.0 Å². The first-order valence-corrected chi connectivity index (χ1v) is 9.71. The molecule has 2 rings (SSSR count). The maximum absolute atomic E-state index is 11.8. The van der Waals surface area contributed by atoms with Crippen molar-refractivity contribution in [3.05, 3.63) is 29.8 Å². The molecule has 0 saturated carbocycles. The lowest BCUT2D eigenvalue weighted by Gasteiger charge is -2.18. The Bertz CT molecular complexity index is 657. The van der Waals surface area contributed by atoms with Gasteiger partial charge in [-0.15, -0.1) is 0 Å². The molecule has 1 fully saturated rings. The molecule has 1 saturated heterocycles. The lowest BCUT2D eigenvalue weighted by Crippen LogP contribution is -2.45. The second-order valence-corrected chi connectivity index (χ2v) is 6.71. The summed E-state index contributed by atoms with van der Waals surface area (Å²) in [7, 11) is 0. The van der Waals surface area contributed by atoms with Crippen molar-refractivity contribution in [2.24, 2.45) is 4.99 Å². The summed E-state index contributed by atoms with van der Waals surface area (Å²) in [5.74, 6) is 0.937. The minimum atomic E-state index is -0.0696. The van der Waals surface area contributed by atoms with Gasteiger partial charge in [0.25, 0.3) is 0 Å². The van der Waals surface area contributed by atoms with Crippen LogP contribution in [0, 0.1) is 0 Å². The van der Waals surface area contributed by atoms with E-state index in [4.69, 9.17) is 0 Å². The number of nitrogens with zero attached hydrogens (tertiary/aromatic N) is 2. The average Bonchev–Trinajstić information content (AvgIpc) is 3.11. The van der Waals surface area contributed by atoms with Gasteiger partial charge in [0, 0.05) is 51.3 Å².